The van der Waals surface area contributed by atoms with Crippen LogP contribution in [0, 0.1) is 12.7 Å². The van der Waals surface area contributed by atoms with Crippen molar-refractivity contribution in [2.24, 2.45) is 0 Å². The van der Waals surface area contributed by atoms with Gasteiger partial charge in [0.15, 0.2) is 0 Å². The van der Waals surface area contributed by atoms with Crippen molar-refractivity contribution in [2.45, 2.75) is 17.6 Å². The van der Waals surface area contributed by atoms with Gasteiger partial charge in [-0.1, -0.05) is 24.3 Å². The molecular weight excluding hydrogens is 313 g/mol. The standard InChI is InChI=1S/C14H13BrFNS/c1-9-4-2-3-5-10(9)8-18-14-6-11(15)12(16)7-13(14)17/h2-7H,8,17H2,1H3. The van der Waals surface area contributed by atoms with Crippen LogP contribution in [0.4, 0.5) is 10.1 Å². The van der Waals surface area contributed by atoms with Crippen LogP contribution in [0.2, 0.25) is 0 Å². The Kier molecular flexibility index (Phi) is 4.30. The zero-order valence-corrected chi connectivity index (χ0v) is 12.3. The first-order chi connectivity index (χ1) is 8.58. The summed E-state index contributed by atoms with van der Waals surface area (Å²) in [4.78, 5) is 0.895. The predicted molar refractivity (Wildman–Crippen MR) is 79.3 cm³/mol. The van der Waals surface area contributed by atoms with E-state index in [0.29, 0.717) is 10.2 Å². The number of rotatable bonds is 3. The highest BCUT2D eigenvalue weighted by molar-refractivity contribution is 9.10. The second-order valence-electron chi connectivity index (χ2n) is 4.02. The Morgan fingerprint density at radius 1 is 1.28 bits per heavy atom. The summed E-state index contributed by atoms with van der Waals surface area (Å²) >= 11 is 4.79. The zero-order chi connectivity index (χ0) is 13.1. The van der Waals surface area contributed by atoms with E-state index in [2.05, 4.69) is 35.0 Å². The number of thioether (sulfide) groups is 1. The molecule has 0 aliphatic heterocycles. The number of nitrogen functional groups attached to an aromatic ring is 1. The highest BCUT2D eigenvalue weighted by Crippen LogP contribution is 2.32. The van der Waals surface area contributed by atoms with E-state index in [4.69, 9.17) is 5.73 Å². The highest BCUT2D eigenvalue weighted by atomic mass is 79.9. The molecule has 0 unspecified atom stereocenters. The number of benzene rings is 2. The molecule has 0 bridgehead atoms. The number of hydrogen-bond acceptors (Lipinski definition) is 2. The minimum atomic E-state index is -0.326. The van der Waals surface area contributed by atoms with Gasteiger partial charge in [-0.15, -0.1) is 11.8 Å². The minimum Gasteiger partial charge on any atom is -0.398 e. The molecule has 0 aromatic heterocycles. The number of hydrogen-bond donors (Lipinski definition) is 1. The molecule has 18 heavy (non-hydrogen) atoms. The van der Waals surface area contributed by atoms with Gasteiger partial charge in [-0.25, -0.2) is 4.39 Å². The third-order valence-electron chi connectivity index (χ3n) is 2.70. The molecule has 0 amide bonds. The molecule has 2 N–H and O–H groups in total. The van der Waals surface area contributed by atoms with E-state index in [0.717, 1.165) is 10.6 Å². The van der Waals surface area contributed by atoms with Gasteiger partial charge in [-0.3, -0.25) is 0 Å². The second-order valence-corrected chi connectivity index (χ2v) is 5.89. The van der Waals surface area contributed by atoms with E-state index in [1.54, 1.807) is 17.8 Å². The van der Waals surface area contributed by atoms with Crippen LogP contribution in [-0.4, -0.2) is 0 Å². The Balaban J connectivity index is 2.16. The van der Waals surface area contributed by atoms with Gasteiger partial charge in [0, 0.05) is 16.3 Å². The average molecular weight is 326 g/mol. The molecule has 0 heterocycles. The molecule has 2 rings (SSSR count). The van der Waals surface area contributed by atoms with Crippen LogP contribution >= 0.6 is 27.7 Å². The maximum atomic E-state index is 13.3. The number of anilines is 1. The molecule has 0 spiro atoms. The van der Waals surface area contributed by atoms with Gasteiger partial charge in [0.25, 0.3) is 0 Å². The largest absolute Gasteiger partial charge is 0.398 e. The fourth-order valence-electron chi connectivity index (χ4n) is 1.60. The molecular formula is C14H13BrFNS. The lowest BCUT2D eigenvalue weighted by molar-refractivity contribution is 0.620. The van der Waals surface area contributed by atoms with Crippen molar-refractivity contribution in [2.75, 3.05) is 5.73 Å². The van der Waals surface area contributed by atoms with Crippen LogP contribution in [0.1, 0.15) is 11.1 Å². The zero-order valence-electron chi connectivity index (χ0n) is 9.91. The van der Waals surface area contributed by atoms with Crippen molar-refractivity contribution >= 4 is 33.4 Å². The van der Waals surface area contributed by atoms with E-state index >= 15 is 0 Å². The Morgan fingerprint density at radius 3 is 2.72 bits per heavy atom. The van der Waals surface area contributed by atoms with Crippen molar-refractivity contribution in [1.29, 1.82) is 0 Å². The molecule has 1 nitrogen and oxygen atoms in total. The first-order valence-corrected chi connectivity index (χ1v) is 7.27. The first kappa shape index (κ1) is 13.4. The molecule has 4 heteroatoms. The molecule has 0 aliphatic carbocycles. The third kappa shape index (κ3) is 3.06. The van der Waals surface area contributed by atoms with E-state index < -0.39 is 0 Å². The van der Waals surface area contributed by atoms with Crippen molar-refractivity contribution in [3.05, 3.63) is 57.8 Å². The molecule has 2 aromatic rings. The number of nitrogens with two attached hydrogens (primary N) is 1. The fourth-order valence-corrected chi connectivity index (χ4v) is 3.15. The summed E-state index contributed by atoms with van der Waals surface area (Å²) in [5.41, 5.74) is 8.81. The van der Waals surface area contributed by atoms with E-state index in [9.17, 15) is 4.39 Å². The summed E-state index contributed by atoms with van der Waals surface area (Å²) in [5, 5.41) is 0. The van der Waals surface area contributed by atoms with Crippen molar-refractivity contribution in [3.8, 4) is 0 Å². The third-order valence-corrected chi connectivity index (χ3v) is 4.42. The van der Waals surface area contributed by atoms with E-state index in [1.807, 2.05) is 12.1 Å². The maximum absolute atomic E-state index is 13.3. The minimum absolute atomic E-state index is 0.326. The highest BCUT2D eigenvalue weighted by Gasteiger charge is 2.07. The van der Waals surface area contributed by atoms with Crippen LogP contribution < -0.4 is 5.73 Å². The molecule has 0 saturated heterocycles. The molecule has 0 radical (unpaired) electrons. The summed E-state index contributed by atoms with van der Waals surface area (Å²) in [5.74, 6) is 0.502. The van der Waals surface area contributed by atoms with Gasteiger partial charge in [0.05, 0.1) is 4.47 Å². The first-order valence-electron chi connectivity index (χ1n) is 5.50. The second kappa shape index (κ2) is 5.76. The van der Waals surface area contributed by atoms with Gasteiger partial charge < -0.3 is 5.73 Å². The smallest absolute Gasteiger partial charge is 0.139 e. The van der Waals surface area contributed by atoms with Crippen LogP contribution in [0.25, 0.3) is 0 Å². The van der Waals surface area contributed by atoms with Crippen LogP contribution in [-0.2, 0) is 5.75 Å². The molecule has 2 aromatic carbocycles. The van der Waals surface area contributed by atoms with Gasteiger partial charge in [0.1, 0.15) is 5.82 Å². The van der Waals surface area contributed by atoms with E-state index in [-0.39, 0.29) is 5.82 Å². The molecule has 94 valence electrons. The molecule has 0 saturated carbocycles. The number of halogens is 2. The Hall–Kier alpha value is -1.00. The fraction of sp³-hybridized carbons (Fsp3) is 0.143. The lowest BCUT2D eigenvalue weighted by Gasteiger charge is -2.08. The summed E-state index contributed by atoms with van der Waals surface area (Å²) in [6, 6.07) is 11.3. The number of aryl methyl sites for hydroxylation is 1. The summed E-state index contributed by atoms with van der Waals surface area (Å²) in [6.45, 7) is 2.08. The molecule has 0 aliphatic rings. The maximum Gasteiger partial charge on any atom is 0.139 e. The molecule has 0 atom stereocenters. The van der Waals surface area contributed by atoms with Crippen LogP contribution in [0.5, 0.6) is 0 Å². The van der Waals surface area contributed by atoms with E-state index in [1.165, 1.54) is 17.2 Å². The topological polar surface area (TPSA) is 26.0 Å². The van der Waals surface area contributed by atoms with Crippen molar-refractivity contribution in [1.82, 2.24) is 0 Å². The van der Waals surface area contributed by atoms with Gasteiger partial charge in [-0.2, -0.15) is 0 Å². The lowest BCUT2D eigenvalue weighted by Crippen LogP contribution is -1.92. The average Bonchev–Trinajstić information content (AvgIpc) is 2.34. The Labute approximate surface area is 119 Å². The van der Waals surface area contributed by atoms with Crippen LogP contribution in [0.15, 0.2) is 45.8 Å². The summed E-state index contributed by atoms with van der Waals surface area (Å²) in [7, 11) is 0. The van der Waals surface area contributed by atoms with Crippen molar-refractivity contribution < 1.29 is 4.39 Å². The predicted octanol–water partition coefficient (Wildman–Crippen LogP) is 4.77. The summed E-state index contributed by atoms with van der Waals surface area (Å²) in [6.07, 6.45) is 0. The SMILES string of the molecule is Cc1ccccc1CSc1cc(Br)c(F)cc1N. The molecule has 0 fully saturated rings. The van der Waals surface area contributed by atoms with Gasteiger partial charge in [0.2, 0.25) is 0 Å². The van der Waals surface area contributed by atoms with Gasteiger partial charge >= 0.3 is 0 Å². The van der Waals surface area contributed by atoms with Crippen LogP contribution in [0.3, 0.4) is 0 Å². The lowest BCUT2D eigenvalue weighted by atomic mass is 10.1. The monoisotopic (exact) mass is 325 g/mol. The Morgan fingerprint density at radius 2 is 2.00 bits per heavy atom. The van der Waals surface area contributed by atoms with Crippen molar-refractivity contribution in [3.63, 3.8) is 0 Å². The quantitative estimate of drug-likeness (QED) is 0.649. The normalized spacial score (nSPS) is 10.6. The summed E-state index contributed by atoms with van der Waals surface area (Å²) < 4.78 is 13.7. The Bertz CT molecular complexity index is 572. The van der Waals surface area contributed by atoms with Gasteiger partial charge in [-0.05, 0) is 46.1 Å².